The minimum Gasteiger partial charge on any atom is -0.461 e. The number of aliphatic hydroxyl groups is 1. The summed E-state index contributed by atoms with van der Waals surface area (Å²) < 4.78 is 20.4. The van der Waals surface area contributed by atoms with Crippen LogP contribution in [0.4, 0.5) is 10.3 Å². The molecule has 5 rings (SSSR count). The van der Waals surface area contributed by atoms with Crippen molar-refractivity contribution in [1.82, 2.24) is 14.8 Å². The van der Waals surface area contributed by atoms with Crippen molar-refractivity contribution in [2.24, 2.45) is 34.0 Å². The number of nitrogens with zero attached hydrogens (tertiary/aromatic N) is 3. The first-order chi connectivity index (χ1) is 19.8. The number of ether oxygens (including phenoxy) is 1. The maximum Gasteiger partial charge on any atom is 0.316 e. The van der Waals surface area contributed by atoms with Crippen molar-refractivity contribution >= 4 is 35.4 Å². The van der Waals surface area contributed by atoms with Gasteiger partial charge >= 0.3 is 5.97 Å². The number of carbonyl (C=O) groups is 3. The molecule has 3 aliphatic carbocycles. The smallest absolute Gasteiger partial charge is 0.316 e. The Labute approximate surface area is 249 Å². The van der Waals surface area contributed by atoms with Crippen LogP contribution in [0.1, 0.15) is 70.2 Å². The molecule has 1 aromatic heterocycles. The monoisotopic (exact) mass is 598 g/mol. The van der Waals surface area contributed by atoms with Gasteiger partial charge in [0.2, 0.25) is 11.1 Å². The lowest BCUT2D eigenvalue weighted by molar-refractivity contribution is -0.205. The molecule has 1 heterocycles. The zero-order valence-electron chi connectivity index (χ0n) is 24.5. The molecule has 3 aliphatic rings. The van der Waals surface area contributed by atoms with Gasteiger partial charge in [0.05, 0.1) is 11.9 Å². The van der Waals surface area contributed by atoms with E-state index in [-0.39, 0.29) is 51.4 Å². The highest BCUT2D eigenvalue weighted by Gasteiger charge is 2.68. The van der Waals surface area contributed by atoms with E-state index in [1.165, 1.54) is 12.1 Å². The van der Waals surface area contributed by atoms with Crippen LogP contribution in [-0.2, 0) is 14.3 Å². The topological polar surface area (TPSA) is 137 Å². The molecule has 0 aliphatic heterocycles. The summed E-state index contributed by atoms with van der Waals surface area (Å²) in [6.07, 6.45) is 3.66. The second kappa shape index (κ2) is 10.9. The normalized spacial score (nSPS) is 36.0. The average molecular weight is 599 g/mol. The van der Waals surface area contributed by atoms with Crippen LogP contribution in [0.5, 0.6) is 0 Å². The summed E-state index contributed by atoms with van der Waals surface area (Å²) in [5.41, 5.74) is 4.40. The lowest BCUT2D eigenvalue weighted by atomic mass is 9.44. The molecule has 3 fully saturated rings. The molecule has 0 unspecified atom stereocenters. The lowest BCUT2D eigenvalue weighted by Gasteiger charge is -2.61. The van der Waals surface area contributed by atoms with Crippen molar-refractivity contribution in [2.45, 2.75) is 77.2 Å². The van der Waals surface area contributed by atoms with Crippen LogP contribution in [0.3, 0.4) is 0 Å². The molecule has 3 saturated carbocycles. The molecule has 42 heavy (non-hydrogen) atoms. The van der Waals surface area contributed by atoms with Crippen LogP contribution < -0.4 is 5.73 Å². The van der Waals surface area contributed by atoms with Crippen molar-refractivity contribution in [3.8, 4) is 0 Å². The minimum absolute atomic E-state index is 0.111. The largest absolute Gasteiger partial charge is 0.461 e. The summed E-state index contributed by atoms with van der Waals surface area (Å²) in [5.74, 6) is -2.00. The van der Waals surface area contributed by atoms with Crippen LogP contribution in [0.2, 0.25) is 0 Å². The van der Waals surface area contributed by atoms with Gasteiger partial charge in [-0.15, -0.1) is 11.7 Å². The first-order valence-electron chi connectivity index (χ1n) is 14.5. The van der Waals surface area contributed by atoms with Gasteiger partial charge in [-0.05, 0) is 67.2 Å². The van der Waals surface area contributed by atoms with Crippen LogP contribution in [-0.4, -0.2) is 55.5 Å². The number of carbonyl (C=O) groups excluding carboxylic acids is 3. The molecular formula is C31H39FN4O5S. The van der Waals surface area contributed by atoms with Gasteiger partial charge in [0.15, 0.2) is 0 Å². The maximum absolute atomic E-state index is 13.5. The van der Waals surface area contributed by atoms with E-state index in [0.717, 1.165) is 47.8 Å². The predicted molar refractivity (Wildman–Crippen MR) is 156 cm³/mol. The van der Waals surface area contributed by atoms with Crippen molar-refractivity contribution < 1.29 is 28.6 Å². The van der Waals surface area contributed by atoms with Gasteiger partial charge < -0.3 is 15.6 Å². The molecule has 0 radical (unpaired) electrons. The van der Waals surface area contributed by atoms with E-state index in [4.69, 9.17) is 10.5 Å². The zero-order valence-corrected chi connectivity index (χ0v) is 25.3. The summed E-state index contributed by atoms with van der Waals surface area (Å²) >= 11 is 0.979. The fraction of sp³-hybridized carbons (Fsp3) is 0.581. The molecule has 8 atom stereocenters. The van der Waals surface area contributed by atoms with E-state index in [1.807, 2.05) is 6.92 Å². The molecule has 1 aromatic carbocycles. The van der Waals surface area contributed by atoms with Gasteiger partial charge in [-0.3, -0.25) is 14.4 Å². The average Bonchev–Trinajstić information content (AvgIpc) is 3.52. The Morgan fingerprint density at radius 2 is 1.95 bits per heavy atom. The quantitative estimate of drug-likeness (QED) is 0.276. The number of aliphatic hydroxyl groups excluding tert-OH is 1. The number of hydrogen-bond donors (Lipinski definition) is 2. The number of thioether (sulfide) groups is 1. The molecule has 0 amide bonds. The van der Waals surface area contributed by atoms with E-state index in [1.54, 1.807) is 6.08 Å². The highest BCUT2D eigenvalue weighted by atomic mass is 32.2. The summed E-state index contributed by atoms with van der Waals surface area (Å²) in [6, 6.07) is 4.97. The van der Waals surface area contributed by atoms with Gasteiger partial charge in [-0.1, -0.05) is 45.5 Å². The van der Waals surface area contributed by atoms with Crippen molar-refractivity contribution in [3.05, 3.63) is 48.3 Å². The number of nitrogen functional groups attached to an aromatic ring is 1. The van der Waals surface area contributed by atoms with Gasteiger partial charge in [0.1, 0.15) is 17.7 Å². The number of esters is 1. The summed E-state index contributed by atoms with van der Waals surface area (Å²) in [7, 11) is 0. The zero-order chi connectivity index (χ0) is 30.6. The summed E-state index contributed by atoms with van der Waals surface area (Å²) in [4.78, 5) is 43.8. The Morgan fingerprint density at radius 3 is 2.62 bits per heavy atom. The Bertz CT molecular complexity index is 1410. The maximum atomic E-state index is 13.5. The lowest BCUT2D eigenvalue weighted by Crippen LogP contribution is -2.63. The Morgan fingerprint density at radius 1 is 1.26 bits per heavy atom. The van der Waals surface area contributed by atoms with Crippen molar-refractivity contribution in [3.63, 3.8) is 0 Å². The Kier molecular flexibility index (Phi) is 7.89. The SMILES string of the molecule is C=C[C@]1(C)C[C@@H](OC(=O)CSc2nc(N)n(C(=O)c3ccc(F)cc3)n2)[C@]2(C)[C@H](C)CC[C@]3(CCC(=O)[C@H]32)[C@@H](C)[C@@H]1O. The molecule has 0 saturated heterocycles. The highest BCUT2D eigenvalue weighted by molar-refractivity contribution is 7.99. The molecule has 2 aromatic rings. The third-order valence-electron chi connectivity index (χ3n) is 10.8. The van der Waals surface area contributed by atoms with Crippen molar-refractivity contribution in [2.75, 3.05) is 11.5 Å². The molecular weight excluding hydrogens is 559 g/mol. The number of hydrogen-bond acceptors (Lipinski definition) is 9. The third-order valence-corrected chi connectivity index (χ3v) is 11.6. The summed E-state index contributed by atoms with van der Waals surface area (Å²) in [6.45, 7) is 12.3. The van der Waals surface area contributed by atoms with Crippen LogP contribution in [0.25, 0.3) is 0 Å². The molecule has 226 valence electrons. The third kappa shape index (κ3) is 4.78. The number of Topliss-reactive ketones (excluding diaryl/α,β-unsaturated/α-hetero) is 1. The van der Waals surface area contributed by atoms with E-state index in [2.05, 4.69) is 37.4 Å². The van der Waals surface area contributed by atoms with Crippen molar-refractivity contribution in [1.29, 1.82) is 0 Å². The number of rotatable bonds is 6. The second-order valence-electron chi connectivity index (χ2n) is 12.8. The van der Waals surface area contributed by atoms with Crippen LogP contribution >= 0.6 is 11.8 Å². The first kappa shape index (κ1) is 30.4. The van der Waals surface area contributed by atoms with E-state index in [0.29, 0.717) is 12.8 Å². The predicted octanol–water partition coefficient (Wildman–Crippen LogP) is 4.69. The number of aromatic nitrogens is 3. The van der Waals surface area contributed by atoms with E-state index < -0.39 is 40.7 Å². The number of anilines is 1. The molecule has 2 bridgehead atoms. The van der Waals surface area contributed by atoms with Gasteiger partial charge in [0, 0.05) is 28.7 Å². The highest BCUT2D eigenvalue weighted by Crippen LogP contribution is 2.68. The summed E-state index contributed by atoms with van der Waals surface area (Å²) in [5, 5.41) is 15.9. The van der Waals surface area contributed by atoms with Crippen LogP contribution in [0.15, 0.2) is 42.1 Å². The first-order valence-corrected chi connectivity index (χ1v) is 15.4. The number of halogens is 1. The number of benzene rings is 1. The van der Waals surface area contributed by atoms with Gasteiger partial charge in [0.25, 0.3) is 5.91 Å². The van der Waals surface area contributed by atoms with E-state index >= 15 is 0 Å². The Hall–Kier alpha value is -3.05. The van der Waals surface area contributed by atoms with E-state index in [9.17, 15) is 23.9 Å². The molecule has 9 nitrogen and oxygen atoms in total. The van der Waals surface area contributed by atoms with Gasteiger partial charge in [-0.25, -0.2) is 4.39 Å². The van der Waals surface area contributed by atoms with Crippen LogP contribution in [0, 0.1) is 39.8 Å². The minimum atomic E-state index is -0.744. The molecule has 3 N–H and O–H groups in total. The molecule has 11 heteroatoms. The fourth-order valence-electron chi connectivity index (χ4n) is 8.05. The number of nitrogens with two attached hydrogens (primary N) is 1. The fourth-order valence-corrected chi connectivity index (χ4v) is 8.66. The number of ketones is 1. The Balaban J connectivity index is 1.38. The molecule has 0 spiro atoms. The van der Waals surface area contributed by atoms with Gasteiger partial charge in [-0.2, -0.15) is 9.67 Å². The second-order valence-corrected chi connectivity index (χ2v) is 13.8. The standard InChI is InChI=1S/C31H39FN4O5S/c1-6-29(4)15-22(30(5)17(2)11-13-31(18(3)25(29)39)14-12-21(37)24(30)31)41-23(38)16-42-28-34-27(33)36(35-28)26(40)19-7-9-20(32)10-8-19/h6-10,17-18,22,24-25,39H,1,11-16H2,2-5H3,(H2,33,34,35)/t17-,18+,22-,24+,25+,29-,30+,31+/m1/s1.